The van der Waals surface area contributed by atoms with E-state index in [1.54, 1.807) is 42.8 Å². The Morgan fingerprint density at radius 2 is 2.00 bits per heavy atom. The SMILES string of the molecule is COc1ccc(N2C(=O)CSC2c2ccc(SC)cc2)cc1Cl. The summed E-state index contributed by atoms with van der Waals surface area (Å²) >= 11 is 9.55. The Kier molecular flexibility index (Phi) is 5.09. The van der Waals surface area contributed by atoms with E-state index >= 15 is 0 Å². The zero-order valence-electron chi connectivity index (χ0n) is 12.8. The summed E-state index contributed by atoms with van der Waals surface area (Å²) in [5.74, 6) is 1.17. The van der Waals surface area contributed by atoms with Crippen LogP contribution in [0.3, 0.4) is 0 Å². The number of amides is 1. The molecule has 0 spiro atoms. The van der Waals surface area contributed by atoms with Crippen molar-refractivity contribution in [1.82, 2.24) is 0 Å². The Morgan fingerprint density at radius 1 is 1.26 bits per heavy atom. The Balaban J connectivity index is 1.94. The highest BCUT2D eigenvalue weighted by molar-refractivity contribution is 8.00. The zero-order chi connectivity index (χ0) is 16.4. The van der Waals surface area contributed by atoms with Crippen molar-refractivity contribution in [3.63, 3.8) is 0 Å². The number of ether oxygens (including phenoxy) is 1. The van der Waals surface area contributed by atoms with Crippen molar-refractivity contribution in [1.29, 1.82) is 0 Å². The monoisotopic (exact) mass is 365 g/mol. The molecule has 1 heterocycles. The number of thioether (sulfide) groups is 2. The summed E-state index contributed by atoms with van der Waals surface area (Å²) in [5.41, 5.74) is 1.91. The minimum Gasteiger partial charge on any atom is -0.495 e. The molecule has 1 aliphatic heterocycles. The first kappa shape index (κ1) is 16.6. The third-order valence-electron chi connectivity index (χ3n) is 3.68. The highest BCUT2D eigenvalue weighted by Crippen LogP contribution is 2.43. The minimum atomic E-state index is -0.0251. The van der Waals surface area contributed by atoms with Crippen LogP contribution in [0.25, 0.3) is 0 Å². The molecule has 2 aromatic rings. The van der Waals surface area contributed by atoms with Gasteiger partial charge in [0, 0.05) is 10.6 Å². The van der Waals surface area contributed by atoms with Gasteiger partial charge >= 0.3 is 0 Å². The van der Waals surface area contributed by atoms with Gasteiger partial charge in [0.2, 0.25) is 5.91 Å². The number of carbonyl (C=O) groups excluding carboxylic acids is 1. The quantitative estimate of drug-likeness (QED) is 0.724. The van der Waals surface area contributed by atoms with Crippen molar-refractivity contribution in [3.05, 3.63) is 53.1 Å². The highest BCUT2D eigenvalue weighted by atomic mass is 35.5. The number of benzene rings is 2. The molecular weight excluding hydrogens is 350 g/mol. The Bertz CT molecular complexity index is 721. The van der Waals surface area contributed by atoms with E-state index in [0.29, 0.717) is 16.5 Å². The molecule has 1 atom stereocenters. The lowest BCUT2D eigenvalue weighted by Crippen LogP contribution is -2.27. The normalized spacial score (nSPS) is 17.6. The van der Waals surface area contributed by atoms with Crippen LogP contribution in [0.5, 0.6) is 5.75 Å². The molecule has 1 fully saturated rings. The van der Waals surface area contributed by atoms with Crippen molar-refractivity contribution in [3.8, 4) is 5.75 Å². The predicted molar refractivity (Wildman–Crippen MR) is 98.9 cm³/mol. The second kappa shape index (κ2) is 7.07. The molecule has 23 heavy (non-hydrogen) atoms. The average Bonchev–Trinajstić information content (AvgIpc) is 2.96. The first-order valence-electron chi connectivity index (χ1n) is 7.05. The average molecular weight is 366 g/mol. The summed E-state index contributed by atoms with van der Waals surface area (Å²) in [5, 5.41) is 0.481. The molecule has 0 bridgehead atoms. The maximum Gasteiger partial charge on any atom is 0.238 e. The molecule has 3 nitrogen and oxygen atoms in total. The van der Waals surface area contributed by atoms with Crippen LogP contribution in [0.15, 0.2) is 47.4 Å². The molecule has 1 aliphatic rings. The van der Waals surface area contributed by atoms with Crippen LogP contribution in [-0.4, -0.2) is 25.0 Å². The maximum absolute atomic E-state index is 12.4. The minimum absolute atomic E-state index is 0.0251. The van der Waals surface area contributed by atoms with Gasteiger partial charge in [0.15, 0.2) is 0 Å². The molecule has 0 aromatic heterocycles. The van der Waals surface area contributed by atoms with E-state index in [4.69, 9.17) is 16.3 Å². The number of rotatable bonds is 4. The van der Waals surface area contributed by atoms with Crippen LogP contribution in [0.4, 0.5) is 5.69 Å². The van der Waals surface area contributed by atoms with Gasteiger partial charge in [0.05, 0.1) is 17.9 Å². The lowest BCUT2D eigenvalue weighted by molar-refractivity contribution is -0.115. The number of hydrogen-bond acceptors (Lipinski definition) is 4. The number of nitrogens with zero attached hydrogens (tertiary/aromatic N) is 1. The molecule has 1 amide bonds. The number of halogens is 1. The highest BCUT2D eigenvalue weighted by Gasteiger charge is 2.34. The molecule has 1 saturated heterocycles. The van der Waals surface area contributed by atoms with Gasteiger partial charge < -0.3 is 4.74 Å². The Labute approximate surface area is 149 Å². The largest absolute Gasteiger partial charge is 0.495 e. The van der Waals surface area contributed by atoms with Gasteiger partial charge in [-0.15, -0.1) is 23.5 Å². The fourth-order valence-corrected chi connectivity index (χ4v) is 4.36. The zero-order valence-corrected chi connectivity index (χ0v) is 15.2. The van der Waals surface area contributed by atoms with E-state index in [1.165, 1.54) is 4.90 Å². The first-order chi connectivity index (χ1) is 11.1. The second-order valence-corrected chi connectivity index (χ2v) is 7.37. The fourth-order valence-electron chi connectivity index (χ4n) is 2.52. The van der Waals surface area contributed by atoms with Crippen molar-refractivity contribution in [2.24, 2.45) is 0 Å². The summed E-state index contributed by atoms with van der Waals surface area (Å²) in [6.45, 7) is 0. The van der Waals surface area contributed by atoms with Crippen LogP contribution >= 0.6 is 35.1 Å². The molecule has 0 aliphatic carbocycles. The first-order valence-corrected chi connectivity index (χ1v) is 9.70. The van der Waals surface area contributed by atoms with Crippen molar-refractivity contribution in [2.75, 3.05) is 24.0 Å². The predicted octanol–water partition coefficient (Wildman–Crippen LogP) is 4.85. The fraction of sp³-hybridized carbons (Fsp3) is 0.235. The smallest absolute Gasteiger partial charge is 0.238 e. The topological polar surface area (TPSA) is 29.5 Å². The lowest BCUT2D eigenvalue weighted by Gasteiger charge is -2.25. The van der Waals surface area contributed by atoms with Crippen LogP contribution in [0.2, 0.25) is 5.02 Å². The number of carbonyl (C=O) groups is 1. The van der Waals surface area contributed by atoms with Crippen molar-refractivity contribution < 1.29 is 9.53 Å². The Hall–Kier alpha value is -1.30. The van der Waals surface area contributed by atoms with Gasteiger partial charge in [-0.2, -0.15) is 0 Å². The van der Waals surface area contributed by atoms with E-state index in [9.17, 15) is 4.79 Å². The third-order valence-corrected chi connectivity index (χ3v) is 5.93. The van der Waals surface area contributed by atoms with Gasteiger partial charge in [-0.3, -0.25) is 9.69 Å². The van der Waals surface area contributed by atoms with E-state index in [0.717, 1.165) is 11.3 Å². The molecule has 0 saturated carbocycles. The van der Waals surface area contributed by atoms with Gasteiger partial charge in [0.25, 0.3) is 0 Å². The number of methoxy groups -OCH3 is 1. The summed E-state index contributed by atoms with van der Waals surface area (Å²) in [6.07, 6.45) is 2.05. The van der Waals surface area contributed by atoms with Crippen molar-refractivity contribution >= 4 is 46.7 Å². The van der Waals surface area contributed by atoms with Crippen LogP contribution in [0.1, 0.15) is 10.9 Å². The van der Waals surface area contributed by atoms with E-state index < -0.39 is 0 Å². The molecule has 6 heteroatoms. The molecule has 0 radical (unpaired) electrons. The van der Waals surface area contributed by atoms with Crippen LogP contribution in [-0.2, 0) is 4.79 Å². The molecule has 1 unspecified atom stereocenters. The van der Waals surface area contributed by atoms with E-state index in [-0.39, 0.29) is 11.3 Å². The number of anilines is 1. The molecule has 0 N–H and O–H groups in total. The van der Waals surface area contributed by atoms with Crippen molar-refractivity contribution in [2.45, 2.75) is 10.3 Å². The van der Waals surface area contributed by atoms with E-state index in [1.807, 2.05) is 11.0 Å². The van der Waals surface area contributed by atoms with E-state index in [2.05, 4.69) is 30.5 Å². The molecule has 120 valence electrons. The summed E-state index contributed by atoms with van der Waals surface area (Å²) in [6, 6.07) is 13.8. The van der Waals surface area contributed by atoms with Gasteiger partial charge in [-0.1, -0.05) is 23.7 Å². The summed E-state index contributed by atoms with van der Waals surface area (Å²) in [4.78, 5) is 15.4. The van der Waals surface area contributed by atoms with Crippen LogP contribution in [0, 0.1) is 0 Å². The second-order valence-electron chi connectivity index (χ2n) is 5.02. The van der Waals surface area contributed by atoms with Gasteiger partial charge in [-0.25, -0.2) is 0 Å². The Morgan fingerprint density at radius 3 is 2.61 bits per heavy atom. The molecule has 2 aromatic carbocycles. The summed E-state index contributed by atoms with van der Waals surface area (Å²) in [7, 11) is 1.58. The van der Waals surface area contributed by atoms with Gasteiger partial charge in [-0.05, 0) is 42.2 Å². The standard InChI is InChI=1S/C17H16ClNO2S2/c1-21-15-8-5-12(9-14(15)18)19-16(20)10-23-17(19)11-3-6-13(22-2)7-4-11/h3-9,17H,10H2,1-2H3. The third kappa shape index (κ3) is 3.32. The molecule has 3 rings (SSSR count). The lowest BCUT2D eigenvalue weighted by atomic mass is 10.2. The summed E-state index contributed by atoms with van der Waals surface area (Å²) < 4.78 is 5.18. The number of hydrogen-bond donors (Lipinski definition) is 0. The maximum atomic E-state index is 12.4. The van der Waals surface area contributed by atoms with Crippen LogP contribution < -0.4 is 9.64 Å². The van der Waals surface area contributed by atoms with Gasteiger partial charge in [0.1, 0.15) is 11.1 Å². The molecular formula is C17H16ClNO2S2.